The fourth-order valence-electron chi connectivity index (χ4n) is 2.67. The highest BCUT2D eigenvalue weighted by atomic mass is 16.5. The van der Waals surface area contributed by atoms with Crippen LogP contribution in [0.2, 0.25) is 0 Å². The highest BCUT2D eigenvalue weighted by Gasteiger charge is 2.38. The smallest absolute Gasteiger partial charge is 0.243 e. The monoisotopic (exact) mass is 248 g/mol. The molecular weight excluding hydrogens is 232 g/mol. The third-order valence-electron chi connectivity index (χ3n) is 3.67. The van der Waals surface area contributed by atoms with Crippen molar-refractivity contribution in [2.45, 2.75) is 6.04 Å². The number of rotatable bonds is 3. The van der Waals surface area contributed by atoms with Crippen molar-refractivity contribution in [3.05, 3.63) is 18.1 Å². The molecule has 0 N–H and O–H groups in total. The first-order valence-electron chi connectivity index (χ1n) is 6.15. The highest BCUT2D eigenvalue weighted by Crippen LogP contribution is 2.21. The van der Waals surface area contributed by atoms with Crippen LogP contribution in [0.25, 0.3) is 0 Å². The van der Waals surface area contributed by atoms with Gasteiger partial charge in [0.25, 0.3) is 0 Å². The van der Waals surface area contributed by atoms with Crippen LogP contribution in [0, 0.1) is 0 Å². The van der Waals surface area contributed by atoms with Gasteiger partial charge in [0.05, 0.1) is 13.2 Å². The van der Waals surface area contributed by atoms with Crippen LogP contribution in [-0.4, -0.2) is 71.4 Å². The Balaban J connectivity index is 1.86. The molecule has 0 radical (unpaired) electrons. The second-order valence-corrected chi connectivity index (χ2v) is 4.63. The SMILES string of the molecule is COc1nccnc1C(=O)C1CN2CCN1CC2. The van der Waals surface area contributed by atoms with Crippen molar-refractivity contribution in [3.63, 3.8) is 0 Å². The topological polar surface area (TPSA) is 58.6 Å². The summed E-state index contributed by atoms with van der Waals surface area (Å²) in [5.41, 5.74) is 0.346. The van der Waals surface area contributed by atoms with E-state index >= 15 is 0 Å². The molecule has 4 rings (SSSR count). The number of ether oxygens (including phenoxy) is 1. The van der Waals surface area contributed by atoms with E-state index in [1.165, 1.54) is 19.5 Å². The molecule has 0 spiro atoms. The van der Waals surface area contributed by atoms with Crippen LogP contribution in [0.4, 0.5) is 0 Å². The number of Topliss-reactive ketones (excluding diaryl/α,β-unsaturated/α-hetero) is 1. The van der Waals surface area contributed by atoms with Crippen molar-refractivity contribution < 1.29 is 9.53 Å². The van der Waals surface area contributed by atoms with E-state index in [-0.39, 0.29) is 11.8 Å². The summed E-state index contributed by atoms with van der Waals surface area (Å²) in [6, 6.07) is -0.0990. The van der Waals surface area contributed by atoms with Gasteiger partial charge in [-0.2, -0.15) is 0 Å². The molecule has 1 aromatic rings. The molecule has 0 saturated carbocycles. The molecule has 3 saturated heterocycles. The van der Waals surface area contributed by atoms with Gasteiger partial charge >= 0.3 is 0 Å². The first kappa shape index (κ1) is 11.6. The van der Waals surface area contributed by atoms with Crippen LogP contribution < -0.4 is 4.74 Å². The van der Waals surface area contributed by atoms with Crippen LogP contribution in [0.3, 0.4) is 0 Å². The Labute approximate surface area is 106 Å². The van der Waals surface area contributed by atoms with Crippen molar-refractivity contribution in [2.24, 2.45) is 0 Å². The average Bonchev–Trinajstić information content (AvgIpc) is 2.47. The Kier molecular flexibility index (Phi) is 2.97. The van der Waals surface area contributed by atoms with Gasteiger partial charge in [0.15, 0.2) is 5.69 Å². The van der Waals surface area contributed by atoms with E-state index in [1.54, 1.807) is 0 Å². The lowest BCUT2D eigenvalue weighted by Gasteiger charge is -2.46. The molecule has 1 atom stereocenters. The third-order valence-corrected chi connectivity index (χ3v) is 3.67. The Morgan fingerprint density at radius 1 is 1.28 bits per heavy atom. The van der Waals surface area contributed by atoms with Gasteiger partial charge < -0.3 is 4.74 Å². The van der Waals surface area contributed by atoms with Crippen molar-refractivity contribution >= 4 is 5.78 Å². The third kappa shape index (κ3) is 1.87. The van der Waals surface area contributed by atoms with Gasteiger partial charge in [0.1, 0.15) is 0 Å². The molecule has 3 aliphatic heterocycles. The normalized spacial score (nSPS) is 30.2. The van der Waals surface area contributed by atoms with E-state index in [0.29, 0.717) is 11.6 Å². The van der Waals surface area contributed by atoms with Crippen molar-refractivity contribution in [1.82, 2.24) is 19.8 Å². The minimum atomic E-state index is -0.0990. The molecule has 96 valence electrons. The van der Waals surface area contributed by atoms with Crippen LogP contribution in [0.5, 0.6) is 5.88 Å². The van der Waals surface area contributed by atoms with E-state index in [1.807, 2.05) is 0 Å². The molecule has 6 heteroatoms. The molecule has 3 aliphatic rings. The fraction of sp³-hybridized carbons (Fsp3) is 0.583. The van der Waals surface area contributed by atoms with Gasteiger partial charge in [0, 0.05) is 45.1 Å². The van der Waals surface area contributed by atoms with Crippen LogP contribution in [-0.2, 0) is 0 Å². The summed E-state index contributed by atoms with van der Waals surface area (Å²) >= 11 is 0. The maximum atomic E-state index is 12.5. The van der Waals surface area contributed by atoms with Gasteiger partial charge in [-0.25, -0.2) is 9.97 Å². The molecule has 18 heavy (non-hydrogen) atoms. The van der Waals surface area contributed by atoms with Crippen molar-refractivity contribution in [3.8, 4) is 5.88 Å². The Morgan fingerprint density at radius 2 is 2.00 bits per heavy atom. The number of hydrogen-bond donors (Lipinski definition) is 0. The summed E-state index contributed by atoms with van der Waals surface area (Å²) in [7, 11) is 1.51. The first-order chi connectivity index (χ1) is 8.79. The van der Waals surface area contributed by atoms with Crippen molar-refractivity contribution in [2.75, 3.05) is 39.8 Å². The van der Waals surface area contributed by atoms with Crippen molar-refractivity contribution in [1.29, 1.82) is 0 Å². The molecule has 0 aliphatic carbocycles. The molecule has 0 amide bonds. The number of ketones is 1. The molecule has 2 bridgehead atoms. The zero-order chi connectivity index (χ0) is 12.5. The van der Waals surface area contributed by atoms with Crippen LogP contribution in [0.1, 0.15) is 10.5 Å². The standard InChI is InChI=1S/C12H16N4O2/c1-18-12-10(13-2-3-14-12)11(17)9-8-15-4-6-16(9)7-5-15/h2-3,9H,4-8H2,1H3. The summed E-state index contributed by atoms with van der Waals surface area (Å²) in [6.07, 6.45) is 3.07. The molecule has 1 unspecified atom stereocenters. The predicted molar refractivity (Wildman–Crippen MR) is 64.7 cm³/mol. The number of fused-ring (bicyclic) bond motifs is 3. The van der Waals surface area contributed by atoms with E-state index < -0.39 is 0 Å². The zero-order valence-electron chi connectivity index (χ0n) is 10.4. The van der Waals surface area contributed by atoms with E-state index in [9.17, 15) is 4.79 Å². The number of carbonyl (C=O) groups is 1. The Morgan fingerprint density at radius 3 is 2.61 bits per heavy atom. The van der Waals surface area contributed by atoms with Gasteiger partial charge in [-0.05, 0) is 0 Å². The van der Waals surface area contributed by atoms with Gasteiger partial charge in [-0.15, -0.1) is 0 Å². The molecular formula is C12H16N4O2. The summed E-state index contributed by atoms with van der Waals surface area (Å²) in [4.78, 5) is 25.2. The van der Waals surface area contributed by atoms with E-state index in [0.717, 1.165) is 32.7 Å². The number of piperazine rings is 3. The number of nitrogens with zero attached hydrogens (tertiary/aromatic N) is 4. The van der Waals surface area contributed by atoms with Gasteiger partial charge in [0.2, 0.25) is 11.7 Å². The number of aromatic nitrogens is 2. The number of methoxy groups -OCH3 is 1. The Bertz CT molecular complexity index is 457. The maximum Gasteiger partial charge on any atom is 0.243 e. The molecule has 0 aromatic carbocycles. The number of carbonyl (C=O) groups excluding carboxylic acids is 1. The summed E-state index contributed by atoms with van der Waals surface area (Å²) in [5, 5.41) is 0. The lowest BCUT2D eigenvalue weighted by Crippen LogP contribution is -2.63. The summed E-state index contributed by atoms with van der Waals surface area (Å²) in [6.45, 7) is 4.82. The minimum Gasteiger partial charge on any atom is -0.479 e. The van der Waals surface area contributed by atoms with Gasteiger partial charge in [-0.1, -0.05) is 0 Å². The van der Waals surface area contributed by atoms with Crippen LogP contribution in [0.15, 0.2) is 12.4 Å². The van der Waals surface area contributed by atoms with Crippen LogP contribution >= 0.6 is 0 Å². The quantitative estimate of drug-likeness (QED) is 0.683. The zero-order valence-corrected chi connectivity index (χ0v) is 10.4. The van der Waals surface area contributed by atoms with Gasteiger partial charge in [-0.3, -0.25) is 14.6 Å². The second kappa shape index (κ2) is 4.62. The Hall–Kier alpha value is -1.53. The molecule has 6 nitrogen and oxygen atoms in total. The largest absolute Gasteiger partial charge is 0.479 e. The minimum absolute atomic E-state index is 0.0179. The molecule has 3 fully saturated rings. The molecule has 1 aromatic heterocycles. The lowest BCUT2D eigenvalue weighted by molar-refractivity contribution is 0.0154. The summed E-state index contributed by atoms with van der Waals surface area (Å²) < 4.78 is 5.11. The molecule has 4 heterocycles. The first-order valence-corrected chi connectivity index (χ1v) is 6.15. The van der Waals surface area contributed by atoms with E-state index in [4.69, 9.17) is 4.74 Å². The second-order valence-electron chi connectivity index (χ2n) is 4.63. The predicted octanol–water partition coefficient (Wildman–Crippen LogP) is -0.332. The summed E-state index contributed by atoms with van der Waals surface area (Å²) in [5.74, 6) is 0.337. The van der Waals surface area contributed by atoms with E-state index in [2.05, 4.69) is 19.8 Å². The maximum absolute atomic E-state index is 12.5. The lowest BCUT2D eigenvalue weighted by atomic mass is 10.0. The highest BCUT2D eigenvalue weighted by molar-refractivity contribution is 6.00. The number of hydrogen-bond acceptors (Lipinski definition) is 6. The average molecular weight is 248 g/mol. The fourth-order valence-corrected chi connectivity index (χ4v) is 2.67.